The van der Waals surface area contributed by atoms with Crippen molar-refractivity contribution in [1.29, 1.82) is 0 Å². The van der Waals surface area contributed by atoms with E-state index in [4.69, 9.17) is 5.14 Å². The highest BCUT2D eigenvalue weighted by molar-refractivity contribution is 7.99. The summed E-state index contributed by atoms with van der Waals surface area (Å²) in [4.78, 5) is 4.10. The molecular weight excluding hydrogens is 192 g/mol. The lowest BCUT2D eigenvalue weighted by Gasteiger charge is -2.17. The Labute approximate surface area is 80.1 Å². The van der Waals surface area contributed by atoms with Gasteiger partial charge in [-0.2, -0.15) is 0 Å². The van der Waals surface area contributed by atoms with Crippen molar-refractivity contribution in [3.63, 3.8) is 0 Å². The van der Waals surface area contributed by atoms with Crippen LogP contribution in [0.15, 0.2) is 10.4 Å². The maximum Gasteiger partial charge on any atom is 0.125 e. The quantitative estimate of drug-likeness (QED) is 0.736. The van der Waals surface area contributed by atoms with Gasteiger partial charge in [-0.1, -0.05) is 6.92 Å². The molecule has 1 heterocycles. The highest BCUT2D eigenvalue weighted by Gasteiger charge is 2.24. The second-order valence-electron chi connectivity index (χ2n) is 2.73. The maximum absolute atomic E-state index is 9.80. The van der Waals surface area contributed by atoms with Crippen molar-refractivity contribution in [1.82, 2.24) is 4.98 Å². The average molecular weight is 204 g/mol. The van der Waals surface area contributed by atoms with E-state index in [0.717, 1.165) is 21.2 Å². The molecule has 1 atom stereocenters. The molecule has 0 aliphatic carbocycles. The van der Waals surface area contributed by atoms with Crippen molar-refractivity contribution < 1.29 is 5.11 Å². The van der Waals surface area contributed by atoms with Gasteiger partial charge >= 0.3 is 0 Å². The topological polar surface area (TPSA) is 59.1 Å². The Morgan fingerprint density at radius 2 is 2.50 bits per heavy atom. The Morgan fingerprint density at radius 3 is 2.92 bits per heavy atom. The molecule has 0 fully saturated rings. The van der Waals surface area contributed by atoms with E-state index in [1.165, 1.54) is 11.3 Å². The highest BCUT2D eigenvalue weighted by Crippen LogP contribution is 2.30. The zero-order valence-electron chi connectivity index (χ0n) is 7.07. The molecule has 0 spiro atoms. The van der Waals surface area contributed by atoms with Gasteiger partial charge in [0.15, 0.2) is 0 Å². The first kappa shape index (κ1) is 9.98. The number of hydrogen-bond donors (Lipinski definition) is 2. The van der Waals surface area contributed by atoms with Crippen LogP contribution < -0.4 is 5.14 Å². The van der Waals surface area contributed by atoms with Crippen LogP contribution in [0.25, 0.3) is 0 Å². The van der Waals surface area contributed by atoms with E-state index in [0.29, 0.717) is 6.42 Å². The molecule has 0 amide bonds. The fourth-order valence-electron chi connectivity index (χ4n) is 0.714. The number of rotatable bonds is 3. The van der Waals surface area contributed by atoms with Crippen LogP contribution >= 0.6 is 23.3 Å². The lowest BCUT2D eigenvalue weighted by molar-refractivity contribution is 0.0528. The van der Waals surface area contributed by atoms with Gasteiger partial charge in [0, 0.05) is 0 Å². The first-order valence-electron chi connectivity index (χ1n) is 3.65. The van der Waals surface area contributed by atoms with Gasteiger partial charge < -0.3 is 5.11 Å². The SMILES string of the molecule is CCC(C)(O)c1ncc(SN)s1. The number of nitrogens with two attached hydrogens (primary N) is 1. The molecule has 0 aromatic carbocycles. The summed E-state index contributed by atoms with van der Waals surface area (Å²) in [6.07, 6.45) is 2.35. The van der Waals surface area contributed by atoms with Crippen LogP contribution in [-0.2, 0) is 5.60 Å². The molecule has 68 valence electrons. The molecular formula is C7H12N2OS2. The van der Waals surface area contributed by atoms with Crippen LogP contribution in [0.1, 0.15) is 25.3 Å². The molecule has 3 N–H and O–H groups in total. The van der Waals surface area contributed by atoms with E-state index in [9.17, 15) is 5.11 Å². The van der Waals surface area contributed by atoms with Crippen molar-refractivity contribution in [2.45, 2.75) is 30.1 Å². The third kappa shape index (κ3) is 1.98. The smallest absolute Gasteiger partial charge is 0.125 e. The molecule has 3 nitrogen and oxygen atoms in total. The van der Waals surface area contributed by atoms with Crippen LogP contribution in [-0.4, -0.2) is 10.1 Å². The van der Waals surface area contributed by atoms with E-state index < -0.39 is 5.60 Å². The first-order valence-corrected chi connectivity index (χ1v) is 5.35. The molecule has 0 aliphatic heterocycles. The molecule has 12 heavy (non-hydrogen) atoms. The van der Waals surface area contributed by atoms with Crippen molar-refractivity contribution >= 4 is 23.3 Å². The summed E-state index contributed by atoms with van der Waals surface area (Å²) in [6.45, 7) is 3.69. The number of hydrogen-bond acceptors (Lipinski definition) is 5. The predicted octanol–water partition coefficient (Wildman–Crippen LogP) is 1.73. The fraction of sp³-hybridized carbons (Fsp3) is 0.571. The summed E-state index contributed by atoms with van der Waals surface area (Å²) in [6, 6.07) is 0. The van der Waals surface area contributed by atoms with Crippen molar-refractivity contribution in [2.75, 3.05) is 0 Å². The molecule has 1 aromatic heterocycles. The van der Waals surface area contributed by atoms with Gasteiger partial charge in [0.25, 0.3) is 0 Å². The van der Waals surface area contributed by atoms with Crippen LogP contribution in [0.4, 0.5) is 0 Å². The third-order valence-electron chi connectivity index (χ3n) is 1.75. The largest absolute Gasteiger partial charge is 0.383 e. The van der Waals surface area contributed by atoms with Crippen molar-refractivity contribution in [2.24, 2.45) is 5.14 Å². The highest BCUT2D eigenvalue weighted by atomic mass is 32.2. The predicted molar refractivity (Wildman–Crippen MR) is 52.0 cm³/mol. The molecule has 0 saturated carbocycles. The summed E-state index contributed by atoms with van der Waals surface area (Å²) < 4.78 is 0.929. The summed E-state index contributed by atoms with van der Waals surface area (Å²) in [5.41, 5.74) is -0.807. The second kappa shape index (κ2) is 3.74. The third-order valence-corrected chi connectivity index (χ3v) is 3.67. The van der Waals surface area contributed by atoms with Crippen LogP contribution in [0.2, 0.25) is 0 Å². The molecule has 0 radical (unpaired) electrons. The van der Waals surface area contributed by atoms with Gasteiger partial charge in [-0.25, -0.2) is 4.98 Å². The Morgan fingerprint density at radius 1 is 1.83 bits per heavy atom. The van der Waals surface area contributed by atoms with Gasteiger partial charge in [-0.05, 0) is 25.3 Å². The first-order chi connectivity index (χ1) is 5.60. The minimum atomic E-state index is -0.807. The maximum atomic E-state index is 9.80. The molecule has 0 aliphatic rings. The fourth-order valence-corrected chi connectivity index (χ4v) is 2.02. The molecule has 0 saturated heterocycles. The zero-order chi connectivity index (χ0) is 9.19. The summed E-state index contributed by atoms with van der Waals surface area (Å²) in [5.74, 6) is 0. The Kier molecular flexibility index (Phi) is 3.11. The van der Waals surface area contributed by atoms with Crippen molar-refractivity contribution in [3.05, 3.63) is 11.2 Å². The number of nitrogens with zero attached hydrogens (tertiary/aromatic N) is 1. The van der Waals surface area contributed by atoms with Crippen molar-refractivity contribution in [3.8, 4) is 0 Å². The standard InChI is InChI=1S/C7H12N2OS2/c1-3-7(2,10)6-9-4-5(11-6)12-8/h4,10H,3,8H2,1-2H3. The lowest BCUT2D eigenvalue weighted by atomic mass is 10.1. The molecule has 0 bridgehead atoms. The normalized spacial score (nSPS) is 16.0. The van der Waals surface area contributed by atoms with E-state index >= 15 is 0 Å². The zero-order valence-corrected chi connectivity index (χ0v) is 8.71. The molecule has 1 unspecified atom stereocenters. The van der Waals surface area contributed by atoms with Crippen LogP contribution in [0, 0.1) is 0 Å². The van der Waals surface area contributed by atoms with Gasteiger partial charge in [0.05, 0.1) is 10.4 Å². The van der Waals surface area contributed by atoms with E-state index in [1.807, 2.05) is 6.92 Å². The summed E-state index contributed by atoms with van der Waals surface area (Å²) in [5, 5.41) is 15.9. The van der Waals surface area contributed by atoms with Gasteiger partial charge in [-0.3, -0.25) is 5.14 Å². The Bertz CT molecular complexity index is 260. The molecule has 1 rings (SSSR count). The number of thiazole rings is 1. The van der Waals surface area contributed by atoms with E-state index in [2.05, 4.69) is 4.98 Å². The van der Waals surface area contributed by atoms with Crippen LogP contribution in [0.3, 0.4) is 0 Å². The molecule has 1 aromatic rings. The lowest BCUT2D eigenvalue weighted by Crippen LogP contribution is -2.18. The van der Waals surface area contributed by atoms with Gasteiger partial charge in [0.2, 0.25) is 0 Å². The monoisotopic (exact) mass is 204 g/mol. The minimum Gasteiger partial charge on any atom is -0.383 e. The Balaban J connectivity index is 2.88. The number of aliphatic hydroxyl groups is 1. The van der Waals surface area contributed by atoms with E-state index in [1.54, 1.807) is 13.1 Å². The minimum absolute atomic E-state index is 0.662. The second-order valence-corrected chi connectivity index (χ2v) is 4.69. The van der Waals surface area contributed by atoms with Gasteiger partial charge in [-0.15, -0.1) is 11.3 Å². The summed E-state index contributed by atoms with van der Waals surface area (Å²) in [7, 11) is 0. The summed E-state index contributed by atoms with van der Waals surface area (Å²) >= 11 is 2.60. The average Bonchev–Trinajstić information content (AvgIpc) is 2.52. The van der Waals surface area contributed by atoms with Crippen LogP contribution in [0.5, 0.6) is 0 Å². The Hall–Kier alpha value is -0.100. The number of aromatic nitrogens is 1. The van der Waals surface area contributed by atoms with E-state index in [-0.39, 0.29) is 0 Å². The van der Waals surface area contributed by atoms with Gasteiger partial charge in [0.1, 0.15) is 10.6 Å². The molecule has 5 heteroatoms.